The highest BCUT2D eigenvalue weighted by Gasteiger charge is 2.25. The van der Waals surface area contributed by atoms with Crippen LogP contribution in [-0.2, 0) is 14.8 Å². The Morgan fingerprint density at radius 2 is 1.68 bits per heavy atom. The Morgan fingerprint density at radius 3 is 2.20 bits per heavy atom. The fourth-order valence-electron chi connectivity index (χ4n) is 3.27. The van der Waals surface area contributed by atoms with Gasteiger partial charge < -0.3 is 5.32 Å². The van der Waals surface area contributed by atoms with E-state index in [1.54, 1.807) is 12.1 Å². The van der Waals surface area contributed by atoms with Crippen molar-refractivity contribution >= 4 is 15.9 Å². The lowest BCUT2D eigenvalue weighted by molar-refractivity contribution is -0.122. The first-order valence-corrected chi connectivity index (χ1v) is 10.4. The molecule has 6 heteroatoms. The highest BCUT2D eigenvalue weighted by atomic mass is 32.2. The molecule has 0 radical (unpaired) electrons. The number of carbonyl (C=O) groups excluding carboxylic acids is 1. The maximum absolute atomic E-state index is 12.7. The van der Waals surface area contributed by atoms with E-state index in [9.17, 15) is 13.2 Å². The van der Waals surface area contributed by atoms with Crippen molar-refractivity contribution in [1.29, 1.82) is 0 Å². The molecule has 25 heavy (non-hydrogen) atoms. The van der Waals surface area contributed by atoms with E-state index in [2.05, 4.69) is 5.32 Å². The molecule has 1 aliphatic carbocycles. The van der Waals surface area contributed by atoms with Crippen LogP contribution in [0.1, 0.15) is 64.4 Å². The molecule has 1 saturated carbocycles. The Morgan fingerprint density at radius 1 is 1.12 bits per heavy atom. The van der Waals surface area contributed by atoms with Crippen LogP contribution in [0.2, 0.25) is 0 Å². The van der Waals surface area contributed by atoms with Crippen LogP contribution < -0.4 is 5.32 Å². The lowest BCUT2D eigenvalue weighted by atomic mass is 9.84. The highest BCUT2D eigenvalue weighted by molar-refractivity contribution is 7.89. The summed E-state index contributed by atoms with van der Waals surface area (Å²) in [5.74, 6) is 0.234. The van der Waals surface area contributed by atoms with Crippen molar-refractivity contribution in [2.45, 2.75) is 69.2 Å². The average molecular weight is 367 g/mol. The fourth-order valence-corrected chi connectivity index (χ4v) is 4.40. The van der Waals surface area contributed by atoms with Crippen LogP contribution in [-0.4, -0.2) is 37.8 Å². The van der Waals surface area contributed by atoms with Gasteiger partial charge in [0.15, 0.2) is 0 Å². The third-order valence-electron chi connectivity index (χ3n) is 4.55. The van der Waals surface area contributed by atoms with E-state index >= 15 is 0 Å². The van der Waals surface area contributed by atoms with E-state index < -0.39 is 10.0 Å². The quantitative estimate of drug-likeness (QED) is 0.870. The number of likely N-dealkylation sites (N-methyl/N-ethyl adjacent to an activating group) is 1. The molecule has 0 spiro atoms. The fraction of sp³-hybridized carbons (Fsp3) is 0.632. The monoisotopic (exact) mass is 366 g/mol. The first kappa shape index (κ1) is 19.9. The molecule has 1 aromatic rings. The van der Waals surface area contributed by atoms with Gasteiger partial charge in [0.25, 0.3) is 0 Å². The molecule has 0 bridgehead atoms. The molecule has 2 rings (SSSR count). The summed E-state index contributed by atoms with van der Waals surface area (Å²) in [6.07, 6.45) is 6.15. The number of benzene rings is 1. The summed E-state index contributed by atoms with van der Waals surface area (Å²) in [7, 11) is -2.23. The molecular formula is C19H30N2O3S. The molecule has 5 nitrogen and oxygen atoms in total. The number of hydrogen-bond acceptors (Lipinski definition) is 3. The summed E-state index contributed by atoms with van der Waals surface area (Å²) in [5.41, 5.74) is 0.829. The molecule has 0 saturated heterocycles. The summed E-state index contributed by atoms with van der Waals surface area (Å²) >= 11 is 0. The van der Waals surface area contributed by atoms with Gasteiger partial charge in [-0.2, -0.15) is 4.31 Å². The minimum Gasteiger partial charge on any atom is -0.350 e. The molecule has 0 unspecified atom stereocenters. The largest absolute Gasteiger partial charge is 0.350 e. The number of nitrogens with one attached hydrogen (secondary N) is 1. The summed E-state index contributed by atoms with van der Waals surface area (Å²) in [6, 6.07) is 7.17. The molecule has 140 valence electrons. The van der Waals surface area contributed by atoms with Gasteiger partial charge in [-0.25, -0.2) is 8.42 Å². The van der Waals surface area contributed by atoms with Crippen LogP contribution in [0.25, 0.3) is 0 Å². The predicted octanol–water partition coefficient (Wildman–Crippen LogP) is 3.27. The Kier molecular flexibility index (Phi) is 6.27. The lowest BCUT2D eigenvalue weighted by Gasteiger charge is -2.24. The topological polar surface area (TPSA) is 66.5 Å². The van der Waals surface area contributed by atoms with Crippen molar-refractivity contribution in [1.82, 2.24) is 9.62 Å². The number of amides is 1. The number of nitrogens with zero attached hydrogens (tertiary/aromatic N) is 1. The standard InChI is InChI=1S/C19H30N2O3S/c1-19(2,3)20-18(22)14-21(4)25(23,24)17-12-10-16(11-13-17)15-8-6-5-7-9-15/h10-13,15H,5-9,14H2,1-4H3,(H,20,22). The minimum atomic E-state index is -3.66. The third-order valence-corrected chi connectivity index (χ3v) is 6.36. The van der Waals surface area contributed by atoms with Crippen molar-refractivity contribution in [2.24, 2.45) is 0 Å². The molecule has 0 aromatic heterocycles. The Hall–Kier alpha value is -1.40. The lowest BCUT2D eigenvalue weighted by Crippen LogP contribution is -2.46. The smallest absolute Gasteiger partial charge is 0.243 e. The first-order valence-electron chi connectivity index (χ1n) is 8.97. The van der Waals surface area contributed by atoms with Crippen LogP contribution in [0, 0.1) is 0 Å². The molecular weight excluding hydrogens is 336 g/mol. The first-order chi connectivity index (χ1) is 11.6. The normalized spacial score (nSPS) is 16.8. The van der Waals surface area contributed by atoms with Gasteiger partial charge in [-0.1, -0.05) is 31.4 Å². The van der Waals surface area contributed by atoms with Crippen molar-refractivity contribution < 1.29 is 13.2 Å². The van der Waals surface area contributed by atoms with Crippen molar-refractivity contribution in [3.63, 3.8) is 0 Å². The summed E-state index contributed by atoms with van der Waals surface area (Å²) in [5, 5.41) is 2.78. The number of carbonyl (C=O) groups is 1. The second-order valence-corrected chi connectivity index (χ2v) is 10.0. The number of sulfonamides is 1. The predicted molar refractivity (Wildman–Crippen MR) is 100.0 cm³/mol. The third kappa shape index (κ3) is 5.54. The maximum Gasteiger partial charge on any atom is 0.243 e. The van der Waals surface area contributed by atoms with Gasteiger partial charge in [-0.15, -0.1) is 0 Å². The van der Waals surface area contributed by atoms with Crippen molar-refractivity contribution in [2.75, 3.05) is 13.6 Å². The average Bonchev–Trinajstić information content (AvgIpc) is 2.54. The summed E-state index contributed by atoms with van der Waals surface area (Å²) < 4.78 is 26.4. The summed E-state index contributed by atoms with van der Waals surface area (Å²) in [4.78, 5) is 12.2. The van der Waals surface area contributed by atoms with E-state index in [4.69, 9.17) is 0 Å². The second kappa shape index (κ2) is 7.87. The maximum atomic E-state index is 12.7. The van der Waals surface area contributed by atoms with Crippen molar-refractivity contribution in [3.05, 3.63) is 29.8 Å². The molecule has 1 aliphatic rings. The Balaban J connectivity index is 2.06. The molecule has 1 amide bonds. The zero-order valence-corrected chi connectivity index (χ0v) is 16.5. The van der Waals surface area contributed by atoms with Crippen LogP contribution in [0.4, 0.5) is 0 Å². The number of rotatable bonds is 5. The van der Waals surface area contributed by atoms with Gasteiger partial charge in [-0.05, 0) is 57.2 Å². The van der Waals surface area contributed by atoms with Crippen LogP contribution in [0.5, 0.6) is 0 Å². The highest BCUT2D eigenvalue weighted by Crippen LogP contribution is 2.33. The molecule has 0 heterocycles. The molecule has 0 aliphatic heterocycles. The summed E-state index contributed by atoms with van der Waals surface area (Å²) in [6.45, 7) is 5.40. The van der Waals surface area contributed by atoms with Crippen LogP contribution in [0.15, 0.2) is 29.2 Å². The van der Waals surface area contributed by atoms with Crippen LogP contribution >= 0.6 is 0 Å². The molecule has 1 N–H and O–H groups in total. The molecule has 1 aromatic carbocycles. The van der Waals surface area contributed by atoms with Crippen LogP contribution in [0.3, 0.4) is 0 Å². The van der Waals surface area contributed by atoms with E-state index in [1.807, 2.05) is 32.9 Å². The molecule has 0 atom stereocenters. The van der Waals surface area contributed by atoms with E-state index in [1.165, 1.54) is 44.7 Å². The van der Waals surface area contributed by atoms with Crippen molar-refractivity contribution in [3.8, 4) is 0 Å². The van der Waals surface area contributed by atoms with Gasteiger partial charge in [0, 0.05) is 12.6 Å². The van der Waals surface area contributed by atoms with Gasteiger partial charge in [0.05, 0.1) is 11.4 Å². The minimum absolute atomic E-state index is 0.190. The Bertz CT molecular complexity index is 684. The van der Waals surface area contributed by atoms with Gasteiger partial charge in [0.1, 0.15) is 0 Å². The van der Waals surface area contributed by atoms with Gasteiger partial charge >= 0.3 is 0 Å². The SMILES string of the molecule is CN(CC(=O)NC(C)(C)C)S(=O)(=O)c1ccc(C2CCCCC2)cc1. The zero-order valence-electron chi connectivity index (χ0n) is 15.7. The molecule has 1 fully saturated rings. The Labute approximate surface area is 151 Å². The van der Waals surface area contributed by atoms with Gasteiger partial charge in [0.2, 0.25) is 15.9 Å². The van der Waals surface area contributed by atoms with E-state index in [-0.39, 0.29) is 22.9 Å². The van der Waals surface area contributed by atoms with Gasteiger partial charge in [-0.3, -0.25) is 4.79 Å². The number of hydrogen-bond donors (Lipinski definition) is 1. The zero-order chi connectivity index (χ0) is 18.7. The van der Waals surface area contributed by atoms with E-state index in [0.29, 0.717) is 5.92 Å². The second-order valence-electron chi connectivity index (χ2n) is 7.96. The van der Waals surface area contributed by atoms with E-state index in [0.717, 1.165) is 4.31 Å².